The number of morpholine rings is 1. The quantitative estimate of drug-likeness (QED) is 0.638. The SMILES string of the molecule is Cc1cc(C)c(-n2c(C)cc(/C=C3/SC(=O)N(CC(=O)N4CCOCC4)C3=O)c2C)c(C)c1. The van der Waals surface area contributed by atoms with Crippen molar-refractivity contribution < 1.29 is 19.1 Å². The van der Waals surface area contributed by atoms with Gasteiger partial charge in [-0.25, -0.2) is 0 Å². The Hall–Kier alpha value is -2.84. The van der Waals surface area contributed by atoms with Crippen molar-refractivity contribution in [3.8, 4) is 5.69 Å². The van der Waals surface area contributed by atoms with Crippen LogP contribution in [-0.4, -0.2) is 64.3 Å². The van der Waals surface area contributed by atoms with Crippen LogP contribution < -0.4 is 0 Å². The molecule has 2 aliphatic heterocycles. The molecule has 0 spiro atoms. The predicted molar refractivity (Wildman–Crippen MR) is 130 cm³/mol. The minimum atomic E-state index is -0.417. The van der Waals surface area contributed by atoms with Crippen molar-refractivity contribution in [3.05, 3.63) is 56.7 Å². The Balaban J connectivity index is 1.60. The van der Waals surface area contributed by atoms with Gasteiger partial charge < -0.3 is 14.2 Å². The van der Waals surface area contributed by atoms with E-state index in [1.807, 2.05) is 19.9 Å². The number of carbonyl (C=O) groups excluding carboxylic acids is 3. The molecule has 4 rings (SSSR count). The number of hydrogen-bond donors (Lipinski definition) is 0. The second-order valence-corrected chi connectivity index (χ2v) is 9.66. The third-order valence-corrected chi connectivity index (χ3v) is 7.05. The number of amides is 3. The van der Waals surface area contributed by atoms with E-state index in [0.29, 0.717) is 31.2 Å². The van der Waals surface area contributed by atoms with Crippen molar-refractivity contribution in [3.63, 3.8) is 0 Å². The molecule has 2 aromatic rings. The van der Waals surface area contributed by atoms with Crippen LogP contribution in [0.4, 0.5) is 4.79 Å². The average Bonchev–Trinajstić information content (AvgIpc) is 3.18. The van der Waals surface area contributed by atoms with E-state index < -0.39 is 11.1 Å². The highest BCUT2D eigenvalue weighted by Gasteiger charge is 2.37. The first-order valence-corrected chi connectivity index (χ1v) is 11.9. The molecular weight excluding hydrogens is 438 g/mol. The number of hydrogen-bond acceptors (Lipinski definition) is 5. The lowest BCUT2D eigenvalue weighted by atomic mass is 10.0. The molecule has 7 nitrogen and oxygen atoms in total. The third kappa shape index (κ3) is 4.50. The third-order valence-electron chi connectivity index (χ3n) is 6.15. The highest BCUT2D eigenvalue weighted by Crippen LogP contribution is 2.34. The summed E-state index contributed by atoms with van der Waals surface area (Å²) in [6.07, 6.45) is 1.77. The monoisotopic (exact) mass is 467 g/mol. The molecule has 2 fully saturated rings. The fraction of sp³-hybridized carbons (Fsp3) is 0.400. The van der Waals surface area contributed by atoms with Crippen molar-refractivity contribution in [1.29, 1.82) is 0 Å². The number of benzene rings is 1. The number of aryl methyl sites for hydroxylation is 4. The first-order chi connectivity index (χ1) is 15.7. The lowest BCUT2D eigenvalue weighted by Crippen LogP contribution is -2.46. The molecule has 3 heterocycles. The van der Waals surface area contributed by atoms with Gasteiger partial charge in [-0.15, -0.1) is 0 Å². The largest absolute Gasteiger partial charge is 0.378 e. The number of rotatable bonds is 4. The number of imide groups is 1. The number of ether oxygens (including phenoxy) is 1. The molecule has 3 amide bonds. The second-order valence-electron chi connectivity index (χ2n) is 8.67. The fourth-order valence-electron chi connectivity index (χ4n) is 4.63. The van der Waals surface area contributed by atoms with Gasteiger partial charge in [0.05, 0.1) is 23.8 Å². The normalized spacial score (nSPS) is 18.0. The standard InChI is InChI=1S/C25H29N3O4S/c1-15-10-16(2)23(17(3)11-15)28-18(4)12-20(19(28)5)13-21-24(30)27(25(31)33-21)14-22(29)26-6-8-32-9-7-26/h10-13H,6-9,14H2,1-5H3/b21-13+. The lowest BCUT2D eigenvalue weighted by molar-refractivity contribution is -0.139. The van der Waals surface area contributed by atoms with Crippen LogP contribution in [0.1, 0.15) is 33.6 Å². The molecule has 0 unspecified atom stereocenters. The van der Waals surface area contributed by atoms with Crippen LogP contribution in [-0.2, 0) is 14.3 Å². The maximum atomic E-state index is 13.0. The van der Waals surface area contributed by atoms with E-state index in [4.69, 9.17) is 4.74 Å². The molecule has 174 valence electrons. The van der Waals surface area contributed by atoms with E-state index >= 15 is 0 Å². The van der Waals surface area contributed by atoms with E-state index in [0.717, 1.165) is 39.3 Å². The molecule has 0 saturated carbocycles. The first-order valence-electron chi connectivity index (χ1n) is 11.1. The topological polar surface area (TPSA) is 71.8 Å². The van der Waals surface area contributed by atoms with Gasteiger partial charge >= 0.3 is 0 Å². The van der Waals surface area contributed by atoms with Crippen LogP contribution in [0.5, 0.6) is 0 Å². The molecule has 8 heteroatoms. The molecular formula is C25H29N3O4S. The van der Waals surface area contributed by atoms with Crippen LogP contribution in [0.25, 0.3) is 11.8 Å². The van der Waals surface area contributed by atoms with Crippen LogP contribution in [0, 0.1) is 34.6 Å². The van der Waals surface area contributed by atoms with E-state index in [2.05, 4.69) is 37.5 Å². The number of thioether (sulfide) groups is 1. The minimum absolute atomic E-state index is 0.231. The van der Waals surface area contributed by atoms with Crippen LogP contribution in [0.15, 0.2) is 23.1 Å². The van der Waals surface area contributed by atoms with Crippen LogP contribution in [0.2, 0.25) is 0 Å². The summed E-state index contributed by atoms with van der Waals surface area (Å²) in [7, 11) is 0. The highest BCUT2D eigenvalue weighted by molar-refractivity contribution is 8.18. The van der Waals surface area contributed by atoms with Gasteiger partial charge in [0, 0.05) is 24.5 Å². The maximum Gasteiger partial charge on any atom is 0.294 e. The summed E-state index contributed by atoms with van der Waals surface area (Å²) < 4.78 is 7.46. The molecule has 0 aliphatic carbocycles. The summed E-state index contributed by atoms with van der Waals surface area (Å²) in [6, 6.07) is 6.36. The molecule has 33 heavy (non-hydrogen) atoms. The predicted octanol–water partition coefficient (Wildman–Crippen LogP) is 3.91. The first kappa shape index (κ1) is 23.3. The Kier molecular flexibility index (Phi) is 6.50. The summed E-state index contributed by atoms with van der Waals surface area (Å²) in [5.41, 5.74) is 7.66. The summed E-state index contributed by atoms with van der Waals surface area (Å²) in [4.78, 5) is 41.1. The zero-order valence-electron chi connectivity index (χ0n) is 19.7. The van der Waals surface area contributed by atoms with E-state index in [9.17, 15) is 14.4 Å². The Morgan fingerprint density at radius 3 is 2.30 bits per heavy atom. The Labute approximate surface area is 198 Å². The zero-order valence-corrected chi connectivity index (χ0v) is 20.5. The second kappa shape index (κ2) is 9.19. The highest BCUT2D eigenvalue weighted by atomic mass is 32.2. The van der Waals surface area contributed by atoms with Crippen molar-refractivity contribution in [2.75, 3.05) is 32.8 Å². The molecule has 0 N–H and O–H groups in total. The summed E-state index contributed by atoms with van der Waals surface area (Å²) in [6.45, 7) is 12.0. The maximum absolute atomic E-state index is 13.0. The van der Waals surface area contributed by atoms with E-state index in [-0.39, 0.29) is 12.5 Å². The van der Waals surface area contributed by atoms with Gasteiger partial charge in [0.15, 0.2) is 0 Å². The van der Waals surface area contributed by atoms with Gasteiger partial charge in [0.1, 0.15) is 6.54 Å². The van der Waals surface area contributed by atoms with Gasteiger partial charge in [-0.1, -0.05) is 17.7 Å². The Morgan fingerprint density at radius 1 is 1.03 bits per heavy atom. The number of carbonyl (C=O) groups is 3. The van der Waals surface area contributed by atoms with E-state index in [1.165, 1.54) is 16.7 Å². The van der Waals surface area contributed by atoms with Gasteiger partial charge in [-0.3, -0.25) is 19.3 Å². The van der Waals surface area contributed by atoms with Gasteiger partial charge in [0.2, 0.25) is 5.91 Å². The minimum Gasteiger partial charge on any atom is -0.378 e. The molecule has 1 aromatic heterocycles. The molecule has 0 bridgehead atoms. The lowest BCUT2D eigenvalue weighted by Gasteiger charge is -2.28. The smallest absolute Gasteiger partial charge is 0.294 e. The van der Waals surface area contributed by atoms with Crippen molar-refractivity contribution >= 4 is 34.9 Å². The Bertz CT molecular complexity index is 1150. The van der Waals surface area contributed by atoms with Crippen molar-refractivity contribution in [1.82, 2.24) is 14.4 Å². The molecule has 2 saturated heterocycles. The number of nitrogens with zero attached hydrogens (tertiary/aromatic N) is 3. The van der Waals surface area contributed by atoms with Crippen LogP contribution in [0.3, 0.4) is 0 Å². The van der Waals surface area contributed by atoms with Gasteiger partial charge in [-0.2, -0.15) is 0 Å². The van der Waals surface area contributed by atoms with Crippen molar-refractivity contribution in [2.45, 2.75) is 34.6 Å². The number of aromatic nitrogens is 1. The Morgan fingerprint density at radius 2 is 1.67 bits per heavy atom. The molecule has 1 aromatic carbocycles. The molecule has 2 aliphatic rings. The van der Waals surface area contributed by atoms with Crippen LogP contribution >= 0.6 is 11.8 Å². The van der Waals surface area contributed by atoms with Crippen molar-refractivity contribution in [2.24, 2.45) is 0 Å². The summed E-state index contributed by atoms with van der Waals surface area (Å²) >= 11 is 0.887. The zero-order chi connectivity index (χ0) is 23.9. The fourth-order valence-corrected chi connectivity index (χ4v) is 5.46. The summed E-state index contributed by atoms with van der Waals surface area (Å²) in [5, 5.41) is -0.410. The summed E-state index contributed by atoms with van der Waals surface area (Å²) in [5.74, 6) is -0.649. The van der Waals surface area contributed by atoms with Gasteiger partial charge in [0.25, 0.3) is 11.1 Å². The molecule has 0 radical (unpaired) electrons. The average molecular weight is 468 g/mol. The van der Waals surface area contributed by atoms with E-state index in [1.54, 1.807) is 11.0 Å². The molecule has 0 atom stereocenters. The van der Waals surface area contributed by atoms with Gasteiger partial charge in [-0.05, 0) is 75.2 Å².